The van der Waals surface area contributed by atoms with E-state index in [-0.39, 0.29) is 5.25 Å². The number of hydrogen-bond donors (Lipinski definition) is 1. The van der Waals surface area contributed by atoms with Crippen LogP contribution in [0.4, 0.5) is 5.69 Å². The van der Waals surface area contributed by atoms with Gasteiger partial charge in [-0.1, -0.05) is 11.6 Å². The number of anilines is 1. The van der Waals surface area contributed by atoms with E-state index >= 15 is 0 Å². The molecule has 2 rings (SSSR count). The van der Waals surface area contributed by atoms with Crippen LogP contribution in [0.5, 0.6) is 0 Å². The molecule has 0 aromatic heterocycles. The van der Waals surface area contributed by atoms with Gasteiger partial charge in [0.15, 0.2) is 0 Å². The maximum atomic E-state index is 12.3. The molecular weight excluding hydrogens is 246 g/mol. The van der Waals surface area contributed by atoms with Gasteiger partial charge in [0.25, 0.3) is 0 Å². The standard InChI is InChI=1S/C11H14ClNO2S/c12-10-4-3-8(13)6-11(10)16(14)9-2-1-5-15-7-9/h3-4,6,9H,1-2,5,7,13H2. The maximum Gasteiger partial charge on any atom is 0.0629 e. The fourth-order valence-corrected chi connectivity index (χ4v) is 3.55. The molecule has 0 bridgehead atoms. The molecule has 0 saturated carbocycles. The third kappa shape index (κ3) is 2.56. The Kier molecular flexibility index (Phi) is 3.84. The van der Waals surface area contributed by atoms with Crippen LogP contribution in [-0.2, 0) is 15.5 Å². The van der Waals surface area contributed by atoms with Crippen LogP contribution in [0.15, 0.2) is 23.1 Å². The van der Waals surface area contributed by atoms with Gasteiger partial charge in [0.05, 0.1) is 32.6 Å². The van der Waals surface area contributed by atoms with E-state index in [4.69, 9.17) is 22.1 Å². The van der Waals surface area contributed by atoms with Gasteiger partial charge in [0, 0.05) is 12.3 Å². The van der Waals surface area contributed by atoms with Gasteiger partial charge >= 0.3 is 0 Å². The molecule has 0 aliphatic carbocycles. The first kappa shape index (κ1) is 11.9. The van der Waals surface area contributed by atoms with Gasteiger partial charge in [-0.2, -0.15) is 0 Å². The van der Waals surface area contributed by atoms with Crippen molar-refractivity contribution in [2.45, 2.75) is 23.0 Å². The second kappa shape index (κ2) is 5.17. The Labute approximate surface area is 102 Å². The molecule has 1 aliphatic heterocycles. The molecule has 1 fully saturated rings. The third-order valence-electron chi connectivity index (χ3n) is 2.59. The highest BCUT2D eigenvalue weighted by Gasteiger charge is 2.23. The highest BCUT2D eigenvalue weighted by atomic mass is 35.5. The van der Waals surface area contributed by atoms with Gasteiger partial charge in [-0.15, -0.1) is 0 Å². The van der Waals surface area contributed by atoms with Crippen LogP contribution >= 0.6 is 11.6 Å². The summed E-state index contributed by atoms with van der Waals surface area (Å²) in [6.07, 6.45) is 1.87. The molecule has 2 N–H and O–H groups in total. The number of rotatable bonds is 2. The molecule has 1 aromatic carbocycles. The van der Waals surface area contributed by atoms with Crippen LogP contribution in [0.25, 0.3) is 0 Å². The van der Waals surface area contributed by atoms with Crippen molar-refractivity contribution in [2.24, 2.45) is 0 Å². The Morgan fingerprint density at radius 1 is 1.50 bits per heavy atom. The Hall–Kier alpha value is -0.580. The fraction of sp³-hybridized carbons (Fsp3) is 0.455. The first-order chi connectivity index (χ1) is 7.68. The molecule has 2 atom stereocenters. The van der Waals surface area contributed by atoms with E-state index in [1.807, 2.05) is 0 Å². The van der Waals surface area contributed by atoms with Gasteiger partial charge in [-0.05, 0) is 31.0 Å². The SMILES string of the molecule is Nc1ccc(Cl)c(S(=O)C2CCCOC2)c1. The maximum absolute atomic E-state index is 12.3. The molecule has 2 unspecified atom stereocenters. The minimum atomic E-state index is -1.13. The molecule has 88 valence electrons. The molecule has 3 nitrogen and oxygen atoms in total. The van der Waals surface area contributed by atoms with E-state index in [0.29, 0.717) is 22.2 Å². The van der Waals surface area contributed by atoms with E-state index < -0.39 is 10.8 Å². The summed E-state index contributed by atoms with van der Waals surface area (Å²) < 4.78 is 17.6. The average Bonchev–Trinajstić information content (AvgIpc) is 2.32. The lowest BCUT2D eigenvalue weighted by molar-refractivity contribution is 0.100. The molecule has 5 heteroatoms. The number of halogens is 1. The van der Waals surface area contributed by atoms with Gasteiger partial charge in [0.2, 0.25) is 0 Å². The van der Waals surface area contributed by atoms with Crippen molar-refractivity contribution in [1.29, 1.82) is 0 Å². The molecule has 1 saturated heterocycles. The minimum Gasteiger partial charge on any atom is -0.399 e. The third-order valence-corrected chi connectivity index (χ3v) is 4.78. The van der Waals surface area contributed by atoms with E-state index in [0.717, 1.165) is 19.4 Å². The second-order valence-corrected chi connectivity index (χ2v) is 5.93. The fourth-order valence-electron chi connectivity index (χ4n) is 1.73. The van der Waals surface area contributed by atoms with Crippen molar-refractivity contribution in [3.05, 3.63) is 23.2 Å². The summed E-state index contributed by atoms with van der Waals surface area (Å²) >= 11 is 6.02. The van der Waals surface area contributed by atoms with Crippen molar-refractivity contribution < 1.29 is 8.95 Å². The Morgan fingerprint density at radius 2 is 2.31 bits per heavy atom. The summed E-state index contributed by atoms with van der Waals surface area (Å²) in [6, 6.07) is 5.08. The number of benzene rings is 1. The Balaban J connectivity index is 2.22. The molecule has 1 aliphatic rings. The number of nitrogens with two attached hydrogens (primary N) is 1. The van der Waals surface area contributed by atoms with Crippen LogP contribution < -0.4 is 5.73 Å². The number of hydrogen-bond acceptors (Lipinski definition) is 3. The van der Waals surface area contributed by atoms with Crippen molar-refractivity contribution in [3.63, 3.8) is 0 Å². The van der Waals surface area contributed by atoms with Crippen molar-refractivity contribution >= 4 is 28.1 Å². The monoisotopic (exact) mass is 259 g/mol. The summed E-state index contributed by atoms with van der Waals surface area (Å²) in [6.45, 7) is 1.30. The average molecular weight is 260 g/mol. The summed E-state index contributed by atoms with van der Waals surface area (Å²) in [5.74, 6) is 0. The zero-order valence-corrected chi connectivity index (χ0v) is 10.4. The van der Waals surface area contributed by atoms with Gasteiger partial charge < -0.3 is 10.5 Å². The molecule has 1 heterocycles. The van der Waals surface area contributed by atoms with E-state index in [1.54, 1.807) is 18.2 Å². The van der Waals surface area contributed by atoms with Crippen LogP contribution in [0, 0.1) is 0 Å². The van der Waals surface area contributed by atoms with Gasteiger partial charge in [-0.25, -0.2) is 0 Å². The van der Waals surface area contributed by atoms with Crippen LogP contribution in [0.1, 0.15) is 12.8 Å². The largest absolute Gasteiger partial charge is 0.399 e. The summed E-state index contributed by atoms with van der Waals surface area (Å²) in [4.78, 5) is 0.622. The molecule has 0 spiro atoms. The van der Waals surface area contributed by atoms with Crippen LogP contribution in [-0.4, -0.2) is 22.7 Å². The van der Waals surface area contributed by atoms with Crippen molar-refractivity contribution in [2.75, 3.05) is 18.9 Å². The Bertz CT molecular complexity index is 405. The summed E-state index contributed by atoms with van der Waals surface area (Å²) in [5, 5.41) is 0.547. The quantitative estimate of drug-likeness (QED) is 0.829. The van der Waals surface area contributed by atoms with Gasteiger partial charge in [0.1, 0.15) is 0 Å². The molecular formula is C11H14ClNO2S. The lowest BCUT2D eigenvalue weighted by Gasteiger charge is -2.21. The van der Waals surface area contributed by atoms with Crippen LogP contribution in [0.3, 0.4) is 0 Å². The first-order valence-electron chi connectivity index (χ1n) is 5.22. The topological polar surface area (TPSA) is 52.3 Å². The lowest BCUT2D eigenvalue weighted by atomic mass is 10.2. The van der Waals surface area contributed by atoms with E-state index in [9.17, 15) is 4.21 Å². The van der Waals surface area contributed by atoms with Crippen LogP contribution in [0.2, 0.25) is 5.02 Å². The highest BCUT2D eigenvalue weighted by molar-refractivity contribution is 7.85. The van der Waals surface area contributed by atoms with Gasteiger partial charge in [-0.3, -0.25) is 4.21 Å². The van der Waals surface area contributed by atoms with Crippen molar-refractivity contribution in [1.82, 2.24) is 0 Å². The van der Waals surface area contributed by atoms with E-state index in [1.165, 1.54) is 0 Å². The number of ether oxygens (including phenoxy) is 1. The second-order valence-electron chi connectivity index (χ2n) is 3.83. The summed E-state index contributed by atoms with van der Waals surface area (Å²) in [7, 11) is -1.13. The molecule has 0 amide bonds. The molecule has 0 radical (unpaired) electrons. The smallest absolute Gasteiger partial charge is 0.0629 e. The Morgan fingerprint density at radius 3 is 3.00 bits per heavy atom. The number of nitrogen functional groups attached to an aromatic ring is 1. The predicted molar refractivity (Wildman–Crippen MR) is 66.1 cm³/mol. The molecule has 16 heavy (non-hydrogen) atoms. The van der Waals surface area contributed by atoms with Crippen molar-refractivity contribution in [3.8, 4) is 0 Å². The summed E-state index contributed by atoms with van der Waals surface area (Å²) in [5.41, 5.74) is 6.26. The van der Waals surface area contributed by atoms with E-state index in [2.05, 4.69) is 0 Å². The zero-order valence-electron chi connectivity index (χ0n) is 8.82. The minimum absolute atomic E-state index is 0.0352. The molecule has 1 aromatic rings. The highest BCUT2D eigenvalue weighted by Crippen LogP contribution is 2.26. The normalized spacial score (nSPS) is 22.9. The zero-order chi connectivity index (χ0) is 11.5. The lowest BCUT2D eigenvalue weighted by Crippen LogP contribution is -2.27. The first-order valence-corrected chi connectivity index (χ1v) is 6.81. The predicted octanol–water partition coefficient (Wildman–Crippen LogP) is 2.21.